The summed E-state index contributed by atoms with van der Waals surface area (Å²) >= 11 is 1.82. The van der Waals surface area contributed by atoms with Gasteiger partial charge in [0.1, 0.15) is 11.4 Å². The molecular formula is C16H21N3OS. The molecule has 1 aliphatic rings. The highest BCUT2D eigenvalue weighted by atomic mass is 32.2. The molecule has 2 atom stereocenters. The molecule has 0 spiro atoms. The normalized spacial score (nSPS) is 26.1. The predicted octanol–water partition coefficient (Wildman–Crippen LogP) is 2.62. The standard InChI is InChI=1S/C16H21N3OS/c1-17-16(10-20)8-4-5-12(9-16)21-15-13-6-2-3-7-14(13)18-11-19-15/h2-3,6-7,11-12,17,20H,4-5,8-10H2,1H3. The molecule has 1 fully saturated rings. The summed E-state index contributed by atoms with van der Waals surface area (Å²) in [5.74, 6) is 0. The Hall–Kier alpha value is -1.17. The minimum atomic E-state index is -0.126. The molecule has 1 heterocycles. The fourth-order valence-electron chi connectivity index (χ4n) is 3.09. The van der Waals surface area contributed by atoms with Gasteiger partial charge in [-0.25, -0.2) is 9.97 Å². The van der Waals surface area contributed by atoms with E-state index in [0.717, 1.165) is 35.2 Å². The van der Waals surface area contributed by atoms with Gasteiger partial charge in [-0.1, -0.05) is 24.6 Å². The highest BCUT2D eigenvalue weighted by Gasteiger charge is 2.35. The van der Waals surface area contributed by atoms with E-state index in [2.05, 4.69) is 21.4 Å². The van der Waals surface area contributed by atoms with Crippen LogP contribution >= 0.6 is 11.8 Å². The molecule has 1 aromatic carbocycles. The van der Waals surface area contributed by atoms with E-state index >= 15 is 0 Å². The van der Waals surface area contributed by atoms with Gasteiger partial charge < -0.3 is 10.4 Å². The molecule has 2 aromatic rings. The van der Waals surface area contributed by atoms with Crippen molar-refractivity contribution in [2.24, 2.45) is 0 Å². The van der Waals surface area contributed by atoms with Crippen LogP contribution in [0, 0.1) is 0 Å². The van der Waals surface area contributed by atoms with E-state index < -0.39 is 0 Å². The fourth-order valence-corrected chi connectivity index (χ4v) is 4.50. The van der Waals surface area contributed by atoms with Crippen LogP contribution in [-0.2, 0) is 0 Å². The lowest BCUT2D eigenvalue weighted by Gasteiger charge is -2.39. The van der Waals surface area contributed by atoms with Gasteiger partial charge >= 0.3 is 0 Å². The number of aliphatic hydroxyl groups excluding tert-OH is 1. The molecule has 0 radical (unpaired) electrons. The van der Waals surface area contributed by atoms with Gasteiger partial charge in [-0.15, -0.1) is 11.8 Å². The molecule has 3 rings (SSSR count). The van der Waals surface area contributed by atoms with Crippen molar-refractivity contribution in [2.75, 3.05) is 13.7 Å². The van der Waals surface area contributed by atoms with Crippen LogP contribution in [-0.4, -0.2) is 39.5 Å². The van der Waals surface area contributed by atoms with Crippen molar-refractivity contribution in [3.05, 3.63) is 30.6 Å². The Morgan fingerprint density at radius 3 is 3.05 bits per heavy atom. The molecule has 112 valence electrons. The van der Waals surface area contributed by atoms with Gasteiger partial charge in [0, 0.05) is 16.2 Å². The van der Waals surface area contributed by atoms with Crippen LogP contribution in [0.4, 0.5) is 0 Å². The molecule has 1 saturated carbocycles. The summed E-state index contributed by atoms with van der Waals surface area (Å²) in [6.07, 6.45) is 5.98. The summed E-state index contributed by atoms with van der Waals surface area (Å²) in [5, 5.41) is 15.7. The predicted molar refractivity (Wildman–Crippen MR) is 86.5 cm³/mol. The van der Waals surface area contributed by atoms with E-state index in [0.29, 0.717) is 5.25 Å². The first-order valence-electron chi connectivity index (χ1n) is 7.42. The first-order valence-corrected chi connectivity index (χ1v) is 8.30. The van der Waals surface area contributed by atoms with Crippen molar-refractivity contribution in [3.8, 4) is 0 Å². The van der Waals surface area contributed by atoms with E-state index in [-0.39, 0.29) is 12.1 Å². The van der Waals surface area contributed by atoms with Crippen molar-refractivity contribution in [3.63, 3.8) is 0 Å². The molecule has 2 N–H and O–H groups in total. The summed E-state index contributed by atoms with van der Waals surface area (Å²) in [5.41, 5.74) is 0.867. The number of fused-ring (bicyclic) bond motifs is 1. The second-order valence-corrected chi connectivity index (χ2v) is 7.01. The summed E-state index contributed by atoms with van der Waals surface area (Å²) in [7, 11) is 1.95. The van der Waals surface area contributed by atoms with Crippen molar-refractivity contribution in [1.29, 1.82) is 0 Å². The van der Waals surface area contributed by atoms with Crippen LogP contribution in [0.5, 0.6) is 0 Å². The molecule has 4 nitrogen and oxygen atoms in total. The molecule has 0 bridgehead atoms. The number of hydrogen-bond donors (Lipinski definition) is 2. The van der Waals surface area contributed by atoms with Gasteiger partial charge in [0.05, 0.1) is 12.1 Å². The topological polar surface area (TPSA) is 58.0 Å². The number of aromatic nitrogens is 2. The van der Waals surface area contributed by atoms with Crippen molar-refractivity contribution >= 4 is 22.7 Å². The number of thioether (sulfide) groups is 1. The number of nitrogens with one attached hydrogen (secondary N) is 1. The van der Waals surface area contributed by atoms with E-state index in [9.17, 15) is 5.11 Å². The van der Waals surface area contributed by atoms with Crippen molar-refractivity contribution < 1.29 is 5.11 Å². The number of aliphatic hydroxyl groups is 1. The summed E-state index contributed by atoms with van der Waals surface area (Å²) in [4.78, 5) is 8.79. The average molecular weight is 303 g/mol. The highest BCUT2D eigenvalue weighted by Crippen LogP contribution is 2.39. The van der Waals surface area contributed by atoms with E-state index in [1.807, 2.05) is 37.0 Å². The van der Waals surface area contributed by atoms with Gasteiger partial charge in [-0.2, -0.15) is 0 Å². The smallest absolute Gasteiger partial charge is 0.117 e. The monoisotopic (exact) mass is 303 g/mol. The minimum Gasteiger partial charge on any atom is -0.394 e. The lowest BCUT2D eigenvalue weighted by Crippen LogP contribution is -2.50. The molecule has 0 amide bonds. The van der Waals surface area contributed by atoms with Gasteiger partial charge in [-0.3, -0.25) is 0 Å². The summed E-state index contributed by atoms with van der Waals surface area (Å²) in [6.45, 7) is 0.199. The highest BCUT2D eigenvalue weighted by molar-refractivity contribution is 8.00. The Labute approximate surface area is 129 Å². The Morgan fingerprint density at radius 2 is 2.24 bits per heavy atom. The zero-order valence-corrected chi connectivity index (χ0v) is 13.1. The summed E-state index contributed by atoms with van der Waals surface area (Å²) in [6, 6.07) is 8.13. The van der Waals surface area contributed by atoms with Crippen LogP contribution in [0.3, 0.4) is 0 Å². The van der Waals surface area contributed by atoms with Gasteiger partial charge in [0.15, 0.2) is 0 Å². The van der Waals surface area contributed by atoms with Gasteiger partial charge in [-0.05, 0) is 32.4 Å². The maximum Gasteiger partial charge on any atom is 0.117 e. The first kappa shape index (κ1) is 14.8. The van der Waals surface area contributed by atoms with E-state index in [4.69, 9.17) is 0 Å². The number of benzene rings is 1. The SMILES string of the molecule is CNC1(CO)CCCC(Sc2ncnc3ccccc23)C1. The molecule has 0 saturated heterocycles. The third-order valence-corrected chi connectivity index (χ3v) is 5.70. The van der Waals surface area contributed by atoms with E-state index in [1.165, 1.54) is 6.42 Å². The van der Waals surface area contributed by atoms with Crippen LogP contribution in [0.25, 0.3) is 10.9 Å². The Bertz CT molecular complexity index is 610. The number of hydrogen-bond acceptors (Lipinski definition) is 5. The number of rotatable bonds is 4. The third kappa shape index (κ3) is 3.05. The third-order valence-electron chi connectivity index (χ3n) is 4.42. The lowest BCUT2D eigenvalue weighted by molar-refractivity contribution is 0.131. The molecule has 0 aliphatic heterocycles. The van der Waals surface area contributed by atoms with Gasteiger partial charge in [0.2, 0.25) is 0 Å². The molecule has 2 unspecified atom stereocenters. The summed E-state index contributed by atoms with van der Waals surface area (Å²) < 4.78 is 0. The second kappa shape index (κ2) is 6.30. The van der Waals surface area contributed by atoms with Gasteiger partial charge in [0.25, 0.3) is 0 Å². The lowest BCUT2D eigenvalue weighted by atomic mass is 9.82. The maximum atomic E-state index is 9.70. The molecule has 1 aliphatic carbocycles. The van der Waals surface area contributed by atoms with Crippen molar-refractivity contribution in [1.82, 2.24) is 15.3 Å². The minimum absolute atomic E-state index is 0.126. The maximum absolute atomic E-state index is 9.70. The van der Waals surface area contributed by atoms with Crippen LogP contribution in [0.1, 0.15) is 25.7 Å². The largest absolute Gasteiger partial charge is 0.394 e. The quantitative estimate of drug-likeness (QED) is 0.850. The van der Waals surface area contributed by atoms with Crippen LogP contribution in [0.2, 0.25) is 0 Å². The Morgan fingerprint density at radius 1 is 1.38 bits per heavy atom. The zero-order valence-electron chi connectivity index (χ0n) is 12.2. The van der Waals surface area contributed by atoms with Crippen LogP contribution < -0.4 is 5.32 Å². The average Bonchev–Trinajstić information content (AvgIpc) is 2.55. The molecule has 1 aromatic heterocycles. The second-order valence-electron chi connectivity index (χ2n) is 5.72. The number of para-hydroxylation sites is 1. The number of nitrogens with zero attached hydrogens (tertiary/aromatic N) is 2. The zero-order chi connectivity index (χ0) is 14.7. The Balaban J connectivity index is 1.82. The molecule has 5 heteroatoms. The van der Waals surface area contributed by atoms with E-state index in [1.54, 1.807) is 6.33 Å². The van der Waals surface area contributed by atoms with Crippen molar-refractivity contribution in [2.45, 2.75) is 41.5 Å². The Kier molecular flexibility index (Phi) is 4.42. The first-order chi connectivity index (χ1) is 10.3. The molecular weight excluding hydrogens is 282 g/mol. The van der Waals surface area contributed by atoms with Crippen LogP contribution in [0.15, 0.2) is 35.6 Å². The number of likely N-dealkylation sites (N-methyl/N-ethyl adjacent to an activating group) is 1. The fraction of sp³-hybridized carbons (Fsp3) is 0.500. The molecule has 21 heavy (non-hydrogen) atoms.